The molecule has 0 aliphatic heterocycles. The van der Waals surface area contributed by atoms with Gasteiger partial charge < -0.3 is 9.88 Å². The number of amides is 2. The van der Waals surface area contributed by atoms with Crippen molar-refractivity contribution >= 4 is 45.7 Å². The van der Waals surface area contributed by atoms with E-state index in [0.717, 1.165) is 5.01 Å². The molecule has 0 saturated heterocycles. The van der Waals surface area contributed by atoms with Crippen molar-refractivity contribution in [3.8, 4) is 0 Å². The third-order valence-corrected chi connectivity index (χ3v) is 5.25. The number of anilines is 2. The van der Waals surface area contributed by atoms with Crippen molar-refractivity contribution in [2.24, 2.45) is 7.05 Å². The highest BCUT2D eigenvalue weighted by atomic mass is 32.2. The molecule has 0 saturated carbocycles. The van der Waals surface area contributed by atoms with E-state index in [1.165, 1.54) is 47.4 Å². The minimum atomic E-state index is -0.377. The Balaban J connectivity index is 1.52. The second-order valence-corrected chi connectivity index (χ2v) is 7.78. The summed E-state index contributed by atoms with van der Waals surface area (Å²) < 4.78 is 14.6. The highest BCUT2D eigenvalue weighted by Crippen LogP contribution is 2.18. The average molecular weight is 421 g/mol. The predicted octanol–water partition coefficient (Wildman–Crippen LogP) is 2.03. The molecule has 2 amide bonds. The molecule has 0 fully saturated rings. The van der Waals surface area contributed by atoms with Crippen LogP contribution in [0.3, 0.4) is 0 Å². The van der Waals surface area contributed by atoms with E-state index in [1.54, 1.807) is 18.5 Å². The van der Waals surface area contributed by atoms with Gasteiger partial charge in [-0.25, -0.2) is 4.39 Å². The average Bonchev–Trinajstić information content (AvgIpc) is 3.21. The van der Waals surface area contributed by atoms with Gasteiger partial charge in [0, 0.05) is 12.7 Å². The number of aryl methyl sites for hydroxylation is 1. The lowest BCUT2D eigenvalue weighted by atomic mass is 10.3. The fourth-order valence-electron chi connectivity index (χ4n) is 2.14. The predicted molar refractivity (Wildman–Crippen MR) is 104 cm³/mol. The third-order valence-electron chi connectivity index (χ3n) is 3.48. The largest absolute Gasteiger partial charge is 0.326 e. The minimum absolute atomic E-state index is 0.00229. The van der Waals surface area contributed by atoms with Crippen LogP contribution in [-0.4, -0.2) is 42.5 Å². The van der Waals surface area contributed by atoms with E-state index in [9.17, 15) is 14.0 Å². The summed E-state index contributed by atoms with van der Waals surface area (Å²) in [5.41, 5.74) is 0.492. The number of hydrogen-bond acceptors (Lipinski definition) is 8. The summed E-state index contributed by atoms with van der Waals surface area (Å²) in [6.45, 7) is 1.80. The van der Waals surface area contributed by atoms with Gasteiger partial charge in [0.15, 0.2) is 5.16 Å². The number of carbonyl (C=O) groups is 2. The maximum Gasteiger partial charge on any atom is 0.236 e. The zero-order valence-corrected chi connectivity index (χ0v) is 16.6. The highest BCUT2D eigenvalue weighted by Gasteiger charge is 2.15. The zero-order valence-electron chi connectivity index (χ0n) is 15.0. The molecular weight excluding hydrogens is 405 g/mol. The Labute approximate surface area is 167 Å². The molecule has 1 aromatic carbocycles. The first-order valence-corrected chi connectivity index (χ1v) is 9.87. The molecule has 0 atom stereocenters. The van der Waals surface area contributed by atoms with Gasteiger partial charge in [-0.05, 0) is 31.2 Å². The summed E-state index contributed by atoms with van der Waals surface area (Å²) >= 11 is 2.49. The van der Waals surface area contributed by atoms with Crippen molar-refractivity contribution in [2.75, 3.05) is 16.4 Å². The van der Waals surface area contributed by atoms with E-state index >= 15 is 0 Å². The quantitative estimate of drug-likeness (QED) is 0.561. The molecular formula is C16H16FN7O2S2. The molecule has 0 bridgehead atoms. The van der Waals surface area contributed by atoms with E-state index in [2.05, 4.69) is 31.0 Å². The van der Waals surface area contributed by atoms with Crippen LogP contribution in [-0.2, 0) is 23.1 Å². The first-order chi connectivity index (χ1) is 13.4. The monoisotopic (exact) mass is 421 g/mol. The van der Waals surface area contributed by atoms with E-state index in [4.69, 9.17) is 0 Å². The second-order valence-electron chi connectivity index (χ2n) is 5.65. The summed E-state index contributed by atoms with van der Waals surface area (Å²) in [7, 11) is 1.72. The molecule has 2 aromatic heterocycles. The van der Waals surface area contributed by atoms with Crippen LogP contribution in [0, 0.1) is 12.7 Å². The topological polar surface area (TPSA) is 115 Å². The smallest absolute Gasteiger partial charge is 0.236 e. The molecule has 0 aliphatic carbocycles. The van der Waals surface area contributed by atoms with Gasteiger partial charge in [0.05, 0.1) is 12.2 Å². The molecule has 9 nitrogen and oxygen atoms in total. The van der Waals surface area contributed by atoms with Gasteiger partial charge in [0.2, 0.25) is 16.9 Å². The van der Waals surface area contributed by atoms with Crippen molar-refractivity contribution in [2.45, 2.75) is 18.5 Å². The van der Waals surface area contributed by atoms with E-state index in [-0.39, 0.29) is 29.8 Å². The maximum atomic E-state index is 12.9. The normalized spacial score (nSPS) is 10.7. The minimum Gasteiger partial charge on any atom is -0.326 e. The second kappa shape index (κ2) is 8.89. The molecule has 3 aromatic rings. The van der Waals surface area contributed by atoms with E-state index in [1.807, 2.05) is 0 Å². The number of hydrogen-bond donors (Lipinski definition) is 2. The number of benzene rings is 1. The van der Waals surface area contributed by atoms with Crippen molar-refractivity contribution in [3.05, 3.63) is 40.9 Å². The van der Waals surface area contributed by atoms with Crippen LogP contribution in [0.1, 0.15) is 10.8 Å². The number of thioether (sulfide) groups is 1. The van der Waals surface area contributed by atoms with Gasteiger partial charge in [-0.3, -0.25) is 14.9 Å². The lowest BCUT2D eigenvalue weighted by Gasteiger charge is -2.06. The summed E-state index contributed by atoms with van der Waals surface area (Å²) in [5.74, 6) is -0.352. The van der Waals surface area contributed by atoms with Crippen molar-refractivity contribution in [1.29, 1.82) is 0 Å². The zero-order chi connectivity index (χ0) is 20.1. The van der Waals surface area contributed by atoms with Crippen molar-refractivity contribution < 1.29 is 14.0 Å². The molecule has 2 N–H and O–H groups in total. The Morgan fingerprint density at radius 3 is 2.54 bits per heavy atom. The summed E-state index contributed by atoms with van der Waals surface area (Å²) in [6.07, 6.45) is -0.00229. The molecule has 0 aliphatic rings. The highest BCUT2D eigenvalue weighted by molar-refractivity contribution is 7.99. The lowest BCUT2D eigenvalue weighted by Crippen LogP contribution is -2.17. The summed E-state index contributed by atoms with van der Waals surface area (Å²) in [6, 6.07) is 5.48. The summed E-state index contributed by atoms with van der Waals surface area (Å²) in [4.78, 5) is 24.1. The number of nitrogens with one attached hydrogen (secondary N) is 2. The molecule has 3 rings (SSSR count). The van der Waals surface area contributed by atoms with Crippen LogP contribution < -0.4 is 10.6 Å². The number of aromatic nitrogens is 5. The Bertz CT molecular complexity index is 987. The van der Waals surface area contributed by atoms with Gasteiger partial charge in [0.25, 0.3) is 0 Å². The van der Waals surface area contributed by atoms with Crippen LogP contribution in [0.4, 0.5) is 15.2 Å². The molecule has 28 heavy (non-hydrogen) atoms. The van der Waals surface area contributed by atoms with E-state index in [0.29, 0.717) is 21.8 Å². The molecule has 146 valence electrons. The van der Waals surface area contributed by atoms with Gasteiger partial charge in [0.1, 0.15) is 16.6 Å². The Kier molecular flexibility index (Phi) is 6.31. The lowest BCUT2D eigenvalue weighted by molar-refractivity contribution is -0.116. The third kappa shape index (κ3) is 5.33. The van der Waals surface area contributed by atoms with Gasteiger partial charge in [-0.2, -0.15) is 0 Å². The number of nitrogens with zero attached hydrogens (tertiary/aromatic N) is 5. The van der Waals surface area contributed by atoms with Gasteiger partial charge >= 0.3 is 0 Å². The van der Waals surface area contributed by atoms with Crippen LogP contribution >= 0.6 is 23.1 Å². The maximum absolute atomic E-state index is 12.9. The van der Waals surface area contributed by atoms with Crippen molar-refractivity contribution in [1.82, 2.24) is 25.0 Å². The SMILES string of the molecule is Cc1nnc(NC(=O)CSc2nnc(CC(=O)Nc3ccc(F)cc3)n2C)s1. The molecule has 12 heteroatoms. The Hall–Kier alpha value is -2.86. The first kappa shape index (κ1) is 19.9. The fraction of sp³-hybridized carbons (Fsp3) is 0.250. The van der Waals surface area contributed by atoms with Gasteiger partial charge in [-0.1, -0.05) is 23.1 Å². The number of halogens is 1. The Morgan fingerprint density at radius 2 is 1.86 bits per heavy atom. The Morgan fingerprint density at radius 1 is 1.11 bits per heavy atom. The van der Waals surface area contributed by atoms with Crippen molar-refractivity contribution in [3.63, 3.8) is 0 Å². The van der Waals surface area contributed by atoms with Gasteiger partial charge in [-0.15, -0.1) is 20.4 Å². The molecule has 0 spiro atoms. The van der Waals surface area contributed by atoms with E-state index < -0.39 is 0 Å². The van der Waals surface area contributed by atoms with Crippen LogP contribution in [0.15, 0.2) is 29.4 Å². The molecule has 0 unspecified atom stereocenters. The first-order valence-electron chi connectivity index (χ1n) is 8.07. The summed E-state index contributed by atoms with van der Waals surface area (Å²) in [5, 5.41) is 22.7. The fourth-order valence-corrected chi connectivity index (χ4v) is 3.48. The van der Waals surface area contributed by atoms with Crippen LogP contribution in [0.2, 0.25) is 0 Å². The standard InChI is InChI=1S/C16H16FN7O2S2/c1-9-20-22-15(28-9)19-14(26)8-27-16-23-21-12(24(16)2)7-13(25)18-11-5-3-10(17)4-6-11/h3-6H,7-8H2,1-2H3,(H,18,25)(H,19,22,26). The van der Waals surface area contributed by atoms with Crippen LogP contribution in [0.5, 0.6) is 0 Å². The molecule has 2 heterocycles. The number of rotatable bonds is 7. The van der Waals surface area contributed by atoms with Crippen LogP contribution in [0.25, 0.3) is 0 Å². The number of carbonyl (C=O) groups excluding carboxylic acids is 2. The molecule has 0 radical (unpaired) electrons.